The minimum Gasteiger partial charge on any atom is -0.352 e. The number of pyridine rings is 1. The van der Waals surface area contributed by atoms with Crippen molar-refractivity contribution < 1.29 is 0 Å². The molecule has 1 aliphatic rings. The van der Waals surface area contributed by atoms with Gasteiger partial charge in [-0.05, 0) is 19.1 Å². The molecule has 2 nitrogen and oxygen atoms in total. The number of anilines is 1. The van der Waals surface area contributed by atoms with E-state index in [4.69, 9.17) is 23.2 Å². The van der Waals surface area contributed by atoms with Gasteiger partial charge in [0, 0.05) is 23.6 Å². The van der Waals surface area contributed by atoms with E-state index in [1.807, 2.05) is 23.9 Å². The van der Waals surface area contributed by atoms with Crippen LogP contribution in [0.15, 0.2) is 12.1 Å². The summed E-state index contributed by atoms with van der Waals surface area (Å²) in [6, 6.07) is 4.36. The third-order valence-corrected chi connectivity index (χ3v) is 5.14. The van der Waals surface area contributed by atoms with Crippen molar-refractivity contribution in [3.8, 4) is 0 Å². The molecule has 1 aromatic rings. The second-order valence-electron chi connectivity index (χ2n) is 4.24. The molecule has 2 atom stereocenters. The molecular weight excluding hydrogens is 275 g/mol. The summed E-state index contributed by atoms with van der Waals surface area (Å²) >= 11 is 13.9. The van der Waals surface area contributed by atoms with Gasteiger partial charge in [-0.2, -0.15) is 11.8 Å². The lowest BCUT2D eigenvalue weighted by molar-refractivity contribution is 0.619. The smallest absolute Gasteiger partial charge is 0.129 e. The van der Waals surface area contributed by atoms with E-state index in [0.29, 0.717) is 22.2 Å². The topological polar surface area (TPSA) is 16.1 Å². The van der Waals surface area contributed by atoms with Crippen molar-refractivity contribution in [2.24, 2.45) is 0 Å². The summed E-state index contributed by atoms with van der Waals surface area (Å²) in [5.41, 5.74) is 0.768. The maximum atomic E-state index is 6.03. The molecule has 5 heteroatoms. The number of aromatic nitrogens is 1. The van der Waals surface area contributed by atoms with Gasteiger partial charge < -0.3 is 4.90 Å². The monoisotopic (exact) mass is 290 g/mol. The van der Waals surface area contributed by atoms with Crippen LogP contribution < -0.4 is 4.90 Å². The van der Waals surface area contributed by atoms with Crippen molar-refractivity contribution in [2.75, 3.05) is 17.2 Å². The summed E-state index contributed by atoms with van der Waals surface area (Å²) in [6.45, 7) is 5.54. The molecule has 1 aromatic heterocycles. The highest BCUT2D eigenvalue weighted by molar-refractivity contribution is 8.00. The van der Waals surface area contributed by atoms with Crippen molar-refractivity contribution >= 4 is 40.8 Å². The fourth-order valence-corrected chi connectivity index (χ4v) is 3.53. The Labute approximate surface area is 117 Å². The maximum absolute atomic E-state index is 6.03. The molecule has 0 aliphatic carbocycles. The average Bonchev–Trinajstić information content (AvgIpc) is 2.34. The Hall–Kier alpha value is -0.120. The Morgan fingerprint density at radius 1 is 1.47 bits per heavy atom. The molecule has 0 N–H and O–H groups in total. The van der Waals surface area contributed by atoms with Crippen LogP contribution in [0.1, 0.15) is 19.5 Å². The first kappa shape index (κ1) is 13.3. The van der Waals surface area contributed by atoms with Crippen molar-refractivity contribution in [2.45, 2.75) is 31.0 Å². The summed E-state index contributed by atoms with van der Waals surface area (Å²) in [7, 11) is 0. The molecule has 0 amide bonds. The maximum Gasteiger partial charge on any atom is 0.129 e. The highest BCUT2D eigenvalue weighted by Crippen LogP contribution is 2.29. The van der Waals surface area contributed by atoms with Crippen LogP contribution in [0.5, 0.6) is 0 Å². The van der Waals surface area contributed by atoms with Crippen molar-refractivity contribution in [1.82, 2.24) is 4.98 Å². The number of halogens is 2. The quantitative estimate of drug-likeness (QED) is 0.771. The van der Waals surface area contributed by atoms with E-state index in [9.17, 15) is 0 Å². The molecule has 1 fully saturated rings. The summed E-state index contributed by atoms with van der Waals surface area (Å²) < 4.78 is 0. The van der Waals surface area contributed by atoms with Crippen LogP contribution in [0.2, 0.25) is 5.02 Å². The average molecular weight is 291 g/mol. The number of rotatable bonds is 2. The van der Waals surface area contributed by atoms with Crippen LogP contribution in [-0.2, 0) is 5.88 Å². The molecule has 0 bridgehead atoms. The van der Waals surface area contributed by atoms with Gasteiger partial charge >= 0.3 is 0 Å². The van der Waals surface area contributed by atoms with Gasteiger partial charge in [-0.25, -0.2) is 4.98 Å². The van der Waals surface area contributed by atoms with E-state index in [1.165, 1.54) is 0 Å². The molecule has 0 saturated carbocycles. The number of hydrogen-bond acceptors (Lipinski definition) is 3. The number of thioether (sulfide) groups is 1. The van der Waals surface area contributed by atoms with Crippen molar-refractivity contribution in [3.05, 3.63) is 22.8 Å². The Kier molecular flexibility index (Phi) is 4.45. The van der Waals surface area contributed by atoms with Gasteiger partial charge in [-0.3, -0.25) is 0 Å². The van der Waals surface area contributed by atoms with Gasteiger partial charge in [0.05, 0.1) is 16.6 Å². The third kappa shape index (κ3) is 2.83. The fourth-order valence-electron chi connectivity index (χ4n) is 1.98. The Balaban J connectivity index is 2.27. The second kappa shape index (κ2) is 5.68. The van der Waals surface area contributed by atoms with Crippen LogP contribution in [0.4, 0.5) is 5.82 Å². The Morgan fingerprint density at radius 2 is 2.24 bits per heavy atom. The molecule has 1 aliphatic heterocycles. The van der Waals surface area contributed by atoms with Gasteiger partial charge in [0.1, 0.15) is 5.82 Å². The van der Waals surface area contributed by atoms with Crippen LogP contribution >= 0.6 is 35.0 Å². The largest absolute Gasteiger partial charge is 0.352 e. The summed E-state index contributed by atoms with van der Waals surface area (Å²) in [5, 5.41) is 1.27. The first-order valence-electron chi connectivity index (χ1n) is 5.73. The molecule has 94 valence electrons. The molecule has 1 saturated heterocycles. The highest BCUT2D eigenvalue weighted by atomic mass is 35.5. The predicted octanol–water partition coefficient (Wildman–Crippen LogP) is 3.80. The van der Waals surface area contributed by atoms with Gasteiger partial charge in [-0.1, -0.05) is 18.5 Å². The molecule has 2 heterocycles. The normalized spacial score (nSPS) is 25.1. The number of nitrogens with zero attached hydrogens (tertiary/aromatic N) is 2. The van der Waals surface area contributed by atoms with E-state index in [-0.39, 0.29) is 0 Å². The van der Waals surface area contributed by atoms with Gasteiger partial charge in [0.2, 0.25) is 0 Å². The third-order valence-electron chi connectivity index (χ3n) is 3.21. The van der Waals surface area contributed by atoms with Crippen LogP contribution in [0.25, 0.3) is 0 Å². The van der Waals surface area contributed by atoms with E-state index in [2.05, 4.69) is 23.7 Å². The zero-order valence-electron chi connectivity index (χ0n) is 9.99. The lowest BCUT2D eigenvalue weighted by atomic mass is 10.2. The first-order chi connectivity index (χ1) is 8.13. The SMILES string of the molecule is CC1SCCN(c2ccc(Cl)c(CCl)n2)C1C. The zero-order chi connectivity index (χ0) is 12.4. The molecular formula is C12H16Cl2N2S. The zero-order valence-corrected chi connectivity index (χ0v) is 12.3. The number of hydrogen-bond donors (Lipinski definition) is 0. The predicted molar refractivity (Wildman–Crippen MR) is 77.5 cm³/mol. The Morgan fingerprint density at radius 3 is 2.94 bits per heavy atom. The lowest BCUT2D eigenvalue weighted by Gasteiger charge is -2.38. The van der Waals surface area contributed by atoms with E-state index in [1.54, 1.807) is 0 Å². The lowest BCUT2D eigenvalue weighted by Crippen LogP contribution is -2.45. The fraction of sp³-hybridized carbons (Fsp3) is 0.583. The van der Waals surface area contributed by atoms with E-state index in [0.717, 1.165) is 23.8 Å². The minimum absolute atomic E-state index is 0.360. The number of alkyl halides is 1. The minimum atomic E-state index is 0.360. The summed E-state index contributed by atoms with van der Waals surface area (Å²) in [6.07, 6.45) is 0. The molecule has 0 radical (unpaired) electrons. The van der Waals surface area contributed by atoms with Crippen LogP contribution in [0.3, 0.4) is 0 Å². The van der Waals surface area contributed by atoms with E-state index < -0.39 is 0 Å². The Bertz CT molecular complexity index is 400. The summed E-state index contributed by atoms with van der Waals surface area (Å²) in [4.78, 5) is 6.89. The van der Waals surface area contributed by atoms with Gasteiger partial charge in [0.15, 0.2) is 0 Å². The van der Waals surface area contributed by atoms with Gasteiger partial charge in [-0.15, -0.1) is 11.6 Å². The molecule has 0 aromatic carbocycles. The highest BCUT2D eigenvalue weighted by Gasteiger charge is 2.26. The summed E-state index contributed by atoms with van der Waals surface area (Å²) in [5.74, 6) is 2.50. The van der Waals surface area contributed by atoms with Gasteiger partial charge in [0.25, 0.3) is 0 Å². The van der Waals surface area contributed by atoms with Crippen molar-refractivity contribution in [1.29, 1.82) is 0 Å². The second-order valence-corrected chi connectivity index (χ2v) is 6.40. The standard InChI is InChI=1S/C12H16Cl2N2S/c1-8-9(2)17-6-5-16(8)12-4-3-10(14)11(7-13)15-12/h3-4,8-9H,5-7H2,1-2H3. The van der Waals surface area contributed by atoms with Crippen LogP contribution in [0, 0.1) is 0 Å². The molecule has 2 unspecified atom stereocenters. The molecule has 0 spiro atoms. The molecule has 2 rings (SSSR count). The first-order valence-corrected chi connectivity index (χ1v) is 7.69. The van der Waals surface area contributed by atoms with E-state index >= 15 is 0 Å². The van der Waals surface area contributed by atoms with Crippen molar-refractivity contribution in [3.63, 3.8) is 0 Å². The van der Waals surface area contributed by atoms with Crippen LogP contribution in [-0.4, -0.2) is 28.6 Å². The molecule has 17 heavy (non-hydrogen) atoms.